The predicted molar refractivity (Wildman–Crippen MR) is 80.4 cm³/mol. The fourth-order valence-corrected chi connectivity index (χ4v) is 3.31. The van der Waals surface area contributed by atoms with Crippen LogP contribution in [0.1, 0.15) is 21.3 Å². The number of hydrogen-bond acceptors (Lipinski definition) is 5. The molecule has 1 saturated heterocycles. The summed E-state index contributed by atoms with van der Waals surface area (Å²) in [5.41, 5.74) is 0.557. The maximum atomic E-state index is 12.1. The summed E-state index contributed by atoms with van der Waals surface area (Å²) in [6, 6.07) is 4.37. The molecule has 0 bridgehead atoms. The van der Waals surface area contributed by atoms with Gasteiger partial charge >= 0.3 is 0 Å². The Morgan fingerprint density at radius 2 is 2.38 bits per heavy atom. The highest BCUT2D eigenvalue weighted by Gasteiger charge is 2.24. The molecule has 3 rings (SSSR count). The van der Waals surface area contributed by atoms with Crippen molar-refractivity contribution >= 4 is 17.2 Å². The minimum Gasteiger partial charge on any atom is -0.379 e. The Balaban J connectivity index is 1.66. The molecule has 2 aromatic rings. The zero-order valence-corrected chi connectivity index (χ0v) is 12.4. The van der Waals surface area contributed by atoms with Gasteiger partial charge in [0.05, 0.1) is 31.0 Å². The molecule has 1 aliphatic rings. The van der Waals surface area contributed by atoms with Gasteiger partial charge in [0.25, 0.3) is 5.91 Å². The van der Waals surface area contributed by atoms with Gasteiger partial charge in [0.15, 0.2) is 0 Å². The Morgan fingerprint density at radius 3 is 3.05 bits per heavy atom. The second-order valence-electron chi connectivity index (χ2n) is 4.88. The summed E-state index contributed by atoms with van der Waals surface area (Å²) in [4.78, 5) is 15.7. The van der Waals surface area contributed by atoms with Crippen molar-refractivity contribution in [2.24, 2.45) is 0 Å². The lowest BCUT2D eigenvalue weighted by Crippen LogP contribution is -2.43. The van der Waals surface area contributed by atoms with Crippen LogP contribution in [0.4, 0.5) is 0 Å². The van der Waals surface area contributed by atoms with E-state index in [9.17, 15) is 4.79 Å². The van der Waals surface area contributed by atoms with Gasteiger partial charge in [-0.2, -0.15) is 5.10 Å². The highest BCUT2D eigenvalue weighted by molar-refractivity contribution is 7.10. The Kier molecular flexibility index (Phi) is 4.64. The number of amides is 1. The lowest BCUT2D eigenvalue weighted by atomic mass is 10.2. The Bertz CT molecular complexity index is 550. The van der Waals surface area contributed by atoms with Crippen molar-refractivity contribution in [1.29, 1.82) is 0 Å². The first-order chi connectivity index (χ1) is 10.3. The molecule has 0 aliphatic carbocycles. The van der Waals surface area contributed by atoms with E-state index in [1.54, 1.807) is 17.5 Å². The minimum atomic E-state index is -0.0986. The second kappa shape index (κ2) is 6.84. The van der Waals surface area contributed by atoms with Crippen molar-refractivity contribution < 1.29 is 9.53 Å². The molecule has 0 radical (unpaired) electrons. The Hall–Kier alpha value is -1.70. The van der Waals surface area contributed by atoms with Crippen LogP contribution in [0.5, 0.6) is 0 Å². The standard InChI is InChI=1S/C14H18N4O2S/c19-14(11-8-16-17-9-11)15-10-12(13-2-1-7-21-13)18-3-5-20-6-4-18/h1-2,7-9,12H,3-6,10H2,(H,15,19)(H,16,17). The van der Waals surface area contributed by atoms with E-state index in [1.165, 1.54) is 11.1 Å². The van der Waals surface area contributed by atoms with Crippen molar-refractivity contribution in [3.8, 4) is 0 Å². The minimum absolute atomic E-state index is 0.0986. The quantitative estimate of drug-likeness (QED) is 0.873. The summed E-state index contributed by atoms with van der Waals surface area (Å²) in [6.45, 7) is 3.87. The van der Waals surface area contributed by atoms with Crippen LogP contribution in [0.3, 0.4) is 0 Å². The maximum Gasteiger partial charge on any atom is 0.254 e. The number of rotatable bonds is 5. The van der Waals surface area contributed by atoms with Crippen molar-refractivity contribution in [2.45, 2.75) is 6.04 Å². The summed E-state index contributed by atoms with van der Waals surface area (Å²) in [5.74, 6) is -0.0986. The first kappa shape index (κ1) is 14.2. The number of nitrogens with one attached hydrogen (secondary N) is 2. The molecular formula is C14H18N4O2S. The molecule has 2 N–H and O–H groups in total. The van der Waals surface area contributed by atoms with Gasteiger partial charge in [0.1, 0.15) is 0 Å². The number of thiophene rings is 1. The summed E-state index contributed by atoms with van der Waals surface area (Å²) in [6.07, 6.45) is 3.13. The number of aromatic amines is 1. The number of hydrogen-bond donors (Lipinski definition) is 2. The first-order valence-electron chi connectivity index (χ1n) is 6.97. The predicted octanol–water partition coefficient (Wildman–Crippen LogP) is 1.27. The van der Waals surface area contributed by atoms with E-state index >= 15 is 0 Å². The number of nitrogens with zero attached hydrogens (tertiary/aromatic N) is 2. The number of ether oxygens (including phenoxy) is 1. The molecule has 1 fully saturated rings. The molecule has 2 aromatic heterocycles. The molecular weight excluding hydrogens is 288 g/mol. The number of carbonyl (C=O) groups is 1. The Morgan fingerprint density at radius 1 is 1.52 bits per heavy atom. The molecule has 1 atom stereocenters. The van der Waals surface area contributed by atoms with E-state index in [1.807, 2.05) is 6.07 Å². The molecule has 3 heterocycles. The summed E-state index contributed by atoms with van der Waals surface area (Å²) in [7, 11) is 0. The average Bonchev–Trinajstić information content (AvgIpc) is 3.22. The van der Waals surface area contributed by atoms with Crippen LogP contribution in [-0.4, -0.2) is 53.9 Å². The molecule has 21 heavy (non-hydrogen) atoms. The van der Waals surface area contributed by atoms with Gasteiger partial charge in [-0.3, -0.25) is 14.8 Å². The second-order valence-corrected chi connectivity index (χ2v) is 5.86. The Labute approximate surface area is 127 Å². The van der Waals surface area contributed by atoms with Gasteiger partial charge < -0.3 is 10.1 Å². The zero-order valence-electron chi connectivity index (χ0n) is 11.6. The van der Waals surface area contributed by atoms with Crippen molar-refractivity contribution in [2.75, 3.05) is 32.8 Å². The van der Waals surface area contributed by atoms with Gasteiger partial charge in [0, 0.05) is 30.7 Å². The van der Waals surface area contributed by atoms with Gasteiger partial charge in [-0.15, -0.1) is 11.3 Å². The van der Waals surface area contributed by atoms with Crippen molar-refractivity contribution in [1.82, 2.24) is 20.4 Å². The SMILES string of the molecule is O=C(NCC(c1cccs1)N1CCOCC1)c1cn[nH]c1. The number of carbonyl (C=O) groups excluding carboxylic acids is 1. The van der Waals surface area contributed by atoms with Crippen LogP contribution in [0, 0.1) is 0 Å². The first-order valence-corrected chi connectivity index (χ1v) is 7.85. The van der Waals surface area contributed by atoms with E-state index in [4.69, 9.17) is 4.74 Å². The highest BCUT2D eigenvalue weighted by atomic mass is 32.1. The number of morpholine rings is 1. The topological polar surface area (TPSA) is 70.2 Å². The molecule has 1 unspecified atom stereocenters. The lowest BCUT2D eigenvalue weighted by Gasteiger charge is -2.34. The van der Waals surface area contributed by atoms with Crippen LogP contribution in [-0.2, 0) is 4.74 Å². The van der Waals surface area contributed by atoms with Gasteiger partial charge in [-0.25, -0.2) is 0 Å². The van der Waals surface area contributed by atoms with Crippen molar-refractivity contribution in [3.63, 3.8) is 0 Å². The van der Waals surface area contributed by atoms with E-state index in [-0.39, 0.29) is 11.9 Å². The molecule has 0 aromatic carbocycles. The third kappa shape index (κ3) is 3.49. The largest absolute Gasteiger partial charge is 0.379 e. The van der Waals surface area contributed by atoms with Gasteiger partial charge in [-0.1, -0.05) is 6.07 Å². The molecule has 7 heteroatoms. The molecule has 6 nitrogen and oxygen atoms in total. The molecule has 0 spiro atoms. The van der Waals surface area contributed by atoms with E-state index in [0.717, 1.165) is 26.3 Å². The highest BCUT2D eigenvalue weighted by Crippen LogP contribution is 2.25. The summed E-state index contributed by atoms with van der Waals surface area (Å²) >= 11 is 1.72. The van der Waals surface area contributed by atoms with Crippen molar-refractivity contribution in [3.05, 3.63) is 40.3 Å². The fraction of sp³-hybridized carbons (Fsp3) is 0.429. The summed E-state index contributed by atoms with van der Waals surface area (Å²) < 4.78 is 5.41. The van der Waals surface area contributed by atoms with Crippen LogP contribution >= 0.6 is 11.3 Å². The van der Waals surface area contributed by atoms with E-state index in [0.29, 0.717) is 12.1 Å². The van der Waals surface area contributed by atoms with E-state index in [2.05, 4.69) is 31.9 Å². The molecule has 1 amide bonds. The third-order valence-corrected chi connectivity index (χ3v) is 4.55. The molecule has 1 aliphatic heterocycles. The van der Waals surface area contributed by atoms with Crippen LogP contribution in [0.25, 0.3) is 0 Å². The summed E-state index contributed by atoms with van der Waals surface area (Å²) in [5, 5.41) is 11.5. The smallest absolute Gasteiger partial charge is 0.254 e. The molecule has 0 saturated carbocycles. The monoisotopic (exact) mass is 306 g/mol. The number of aromatic nitrogens is 2. The van der Waals surface area contributed by atoms with Crippen LogP contribution in [0.2, 0.25) is 0 Å². The average molecular weight is 306 g/mol. The van der Waals surface area contributed by atoms with E-state index < -0.39 is 0 Å². The lowest BCUT2D eigenvalue weighted by molar-refractivity contribution is 0.0169. The molecule has 112 valence electrons. The van der Waals surface area contributed by atoms with Crippen LogP contribution < -0.4 is 5.32 Å². The van der Waals surface area contributed by atoms with Gasteiger partial charge in [-0.05, 0) is 11.4 Å². The normalized spacial score (nSPS) is 17.5. The fourth-order valence-electron chi connectivity index (χ4n) is 2.45. The third-order valence-electron chi connectivity index (χ3n) is 3.57. The number of H-pyrrole nitrogens is 1. The van der Waals surface area contributed by atoms with Gasteiger partial charge in [0.2, 0.25) is 0 Å². The maximum absolute atomic E-state index is 12.1. The van der Waals surface area contributed by atoms with Crippen LogP contribution in [0.15, 0.2) is 29.9 Å². The zero-order chi connectivity index (χ0) is 14.5.